The van der Waals surface area contributed by atoms with E-state index < -0.39 is 24.4 Å². The average Bonchev–Trinajstić information content (AvgIpc) is 3.14. The van der Waals surface area contributed by atoms with Crippen molar-refractivity contribution in [3.63, 3.8) is 0 Å². The van der Waals surface area contributed by atoms with Crippen molar-refractivity contribution in [2.24, 2.45) is 5.73 Å². The van der Waals surface area contributed by atoms with E-state index in [0.29, 0.717) is 19.4 Å². The minimum absolute atomic E-state index is 0.149. The number of aliphatic carboxylic acids is 1. The maximum Gasteiger partial charge on any atom is 0.490 e. The van der Waals surface area contributed by atoms with Gasteiger partial charge in [0.25, 0.3) is 0 Å². The standard InChI is InChI=1S/C19H20F2N2O.C2HF3O2/c20-16-7-5-15(6-8-16)14-3-1-13(2-4-14)11-18(22)19(24)23-10-9-17(21)12-23;3-2(4,5)1(6)7/h1-8,17-18H,9-12,22H2;(H,6,7)/t17-,18-;/m0./s1. The smallest absolute Gasteiger partial charge is 0.475 e. The molecule has 10 heteroatoms. The molecule has 0 aliphatic carbocycles. The molecule has 0 saturated carbocycles. The van der Waals surface area contributed by atoms with Crippen LogP contribution in [-0.4, -0.2) is 53.4 Å². The highest BCUT2D eigenvalue weighted by Gasteiger charge is 2.38. The molecule has 1 fully saturated rings. The Morgan fingerprint density at radius 3 is 1.97 bits per heavy atom. The molecule has 0 radical (unpaired) electrons. The predicted molar refractivity (Wildman–Crippen MR) is 103 cm³/mol. The lowest BCUT2D eigenvalue weighted by Gasteiger charge is -2.20. The topological polar surface area (TPSA) is 83.6 Å². The van der Waals surface area contributed by atoms with Crippen LogP contribution in [0.3, 0.4) is 0 Å². The van der Waals surface area contributed by atoms with Crippen LogP contribution in [0.5, 0.6) is 0 Å². The molecule has 1 saturated heterocycles. The molecule has 1 aliphatic rings. The van der Waals surface area contributed by atoms with Gasteiger partial charge in [-0.05, 0) is 41.7 Å². The van der Waals surface area contributed by atoms with Crippen molar-refractivity contribution >= 4 is 11.9 Å². The summed E-state index contributed by atoms with van der Waals surface area (Å²) in [5.74, 6) is -3.22. The quantitative estimate of drug-likeness (QED) is 0.707. The van der Waals surface area contributed by atoms with Gasteiger partial charge in [-0.15, -0.1) is 0 Å². The van der Waals surface area contributed by atoms with E-state index in [1.807, 2.05) is 24.3 Å². The summed E-state index contributed by atoms with van der Waals surface area (Å²) in [7, 11) is 0. The Bertz CT molecular complexity index is 885. The number of carbonyl (C=O) groups excluding carboxylic acids is 1. The predicted octanol–water partition coefficient (Wildman–Crippen LogP) is 3.57. The summed E-state index contributed by atoms with van der Waals surface area (Å²) in [4.78, 5) is 22.6. The number of nitrogens with zero attached hydrogens (tertiary/aromatic N) is 1. The van der Waals surface area contributed by atoms with Gasteiger partial charge in [0.2, 0.25) is 5.91 Å². The lowest BCUT2D eigenvalue weighted by Crippen LogP contribution is -2.44. The van der Waals surface area contributed by atoms with Crippen LogP contribution in [0, 0.1) is 5.82 Å². The third kappa shape index (κ3) is 7.32. The zero-order chi connectivity index (χ0) is 23.2. The van der Waals surface area contributed by atoms with Crippen molar-refractivity contribution in [3.8, 4) is 11.1 Å². The molecule has 31 heavy (non-hydrogen) atoms. The van der Waals surface area contributed by atoms with Crippen molar-refractivity contribution < 1.29 is 36.6 Å². The maximum absolute atomic E-state index is 13.2. The Labute approximate surface area is 175 Å². The van der Waals surface area contributed by atoms with Gasteiger partial charge in [-0.25, -0.2) is 13.6 Å². The van der Waals surface area contributed by atoms with Gasteiger partial charge in [-0.3, -0.25) is 4.79 Å². The van der Waals surface area contributed by atoms with Crippen LogP contribution in [0.25, 0.3) is 11.1 Å². The molecule has 2 atom stereocenters. The first-order valence-corrected chi connectivity index (χ1v) is 9.31. The zero-order valence-corrected chi connectivity index (χ0v) is 16.3. The van der Waals surface area contributed by atoms with E-state index in [0.717, 1.165) is 16.7 Å². The first-order valence-electron chi connectivity index (χ1n) is 9.31. The number of likely N-dealkylation sites (tertiary alicyclic amines) is 1. The highest BCUT2D eigenvalue weighted by Crippen LogP contribution is 2.21. The fourth-order valence-corrected chi connectivity index (χ4v) is 2.97. The normalized spacial score (nSPS) is 17.0. The minimum atomic E-state index is -5.08. The molecule has 2 aromatic carbocycles. The molecule has 2 aromatic rings. The number of hydrogen-bond donors (Lipinski definition) is 2. The Morgan fingerprint density at radius 2 is 1.55 bits per heavy atom. The van der Waals surface area contributed by atoms with Crippen molar-refractivity contribution in [1.82, 2.24) is 4.90 Å². The van der Waals surface area contributed by atoms with Crippen molar-refractivity contribution in [1.29, 1.82) is 0 Å². The van der Waals surface area contributed by atoms with Crippen LogP contribution in [0.1, 0.15) is 12.0 Å². The van der Waals surface area contributed by atoms with Crippen LogP contribution < -0.4 is 5.73 Å². The van der Waals surface area contributed by atoms with E-state index in [4.69, 9.17) is 15.6 Å². The first-order chi connectivity index (χ1) is 14.5. The van der Waals surface area contributed by atoms with Crippen molar-refractivity contribution in [3.05, 3.63) is 59.9 Å². The van der Waals surface area contributed by atoms with Gasteiger partial charge in [-0.1, -0.05) is 36.4 Å². The number of carboxylic acid groups (broad SMARTS) is 1. The average molecular weight is 444 g/mol. The van der Waals surface area contributed by atoms with E-state index in [1.54, 1.807) is 12.1 Å². The summed E-state index contributed by atoms with van der Waals surface area (Å²) < 4.78 is 57.9. The second kappa shape index (κ2) is 10.3. The molecule has 1 amide bonds. The van der Waals surface area contributed by atoms with Crippen LogP contribution >= 0.6 is 0 Å². The van der Waals surface area contributed by atoms with Crippen LogP contribution in [0.4, 0.5) is 22.0 Å². The molecule has 0 bridgehead atoms. The van der Waals surface area contributed by atoms with Crippen LogP contribution in [-0.2, 0) is 16.0 Å². The van der Waals surface area contributed by atoms with Crippen molar-refractivity contribution in [2.45, 2.75) is 31.2 Å². The Morgan fingerprint density at radius 1 is 1.06 bits per heavy atom. The van der Waals surface area contributed by atoms with Crippen molar-refractivity contribution in [2.75, 3.05) is 13.1 Å². The number of amides is 1. The highest BCUT2D eigenvalue weighted by molar-refractivity contribution is 5.82. The molecule has 168 valence electrons. The van der Waals surface area contributed by atoms with E-state index in [9.17, 15) is 26.7 Å². The summed E-state index contributed by atoms with van der Waals surface area (Å²) in [5.41, 5.74) is 8.82. The lowest BCUT2D eigenvalue weighted by atomic mass is 10.0. The monoisotopic (exact) mass is 444 g/mol. The van der Waals surface area contributed by atoms with E-state index in [-0.39, 0.29) is 18.3 Å². The SMILES string of the molecule is N[C@@H](Cc1ccc(-c2ccc(F)cc2)cc1)C(=O)N1CC[C@H](F)C1.O=C(O)C(F)(F)F. The third-order valence-electron chi connectivity index (χ3n) is 4.59. The summed E-state index contributed by atoms with van der Waals surface area (Å²) in [6.07, 6.45) is -5.21. The molecule has 1 heterocycles. The lowest BCUT2D eigenvalue weighted by molar-refractivity contribution is -0.192. The van der Waals surface area contributed by atoms with E-state index >= 15 is 0 Å². The number of halogens is 5. The summed E-state index contributed by atoms with van der Waals surface area (Å²) >= 11 is 0. The van der Waals surface area contributed by atoms with Gasteiger partial charge in [0.05, 0.1) is 12.6 Å². The largest absolute Gasteiger partial charge is 0.490 e. The number of carbonyl (C=O) groups is 2. The third-order valence-corrected chi connectivity index (χ3v) is 4.59. The minimum Gasteiger partial charge on any atom is -0.475 e. The number of benzene rings is 2. The Kier molecular flexibility index (Phi) is 8.09. The zero-order valence-electron chi connectivity index (χ0n) is 16.3. The molecule has 1 aliphatic heterocycles. The molecule has 3 rings (SSSR count). The molecular formula is C21H21F5N2O3. The Balaban J connectivity index is 0.000000423. The fourth-order valence-electron chi connectivity index (χ4n) is 2.97. The number of nitrogens with two attached hydrogens (primary N) is 1. The van der Waals surface area contributed by atoms with E-state index in [2.05, 4.69) is 0 Å². The van der Waals surface area contributed by atoms with Gasteiger partial charge < -0.3 is 15.7 Å². The van der Waals surface area contributed by atoms with Crippen LogP contribution in [0.2, 0.25) is 0 Å². The van der Waals surface area contributed by atoms with Crippen LogP contribution in [0.15, 0.2) is 48.5 Å². The summed E-state index contributed by atoms with van der Waals surface area (Å²) in [6.45, 7) is 0.591. The van der Waals surface area contributed by atoms with Gasteiger partial charge in [-0.2, -0.15) is 13.2 Å². The maximum atomic E-state index is 13.2. The number of alkyl halides is 4. The van der Waals surface area contributed by atoms with Gasteiger partial charge in [0.1, 0.15) is 12.0 Å². The number of hydrogen-bond acceptors (Lipinski definition) is 3. The highest BCUT2D eigenvalue weighted by atomic mass is 19.4. The molecule has 0 unspecified atom stereocenters. The molecular weight excluding hydrogens is 423 g/mol. The fraction of sp³-hybridized carbons (Fsp3) is 0.333. The number of carboxylic acids is 1. The second-order valence-electron chi connectivity index (χ2n) is 6.99. The summed E-state index contributed by atoms with van der Waals surface area (Å²) in [5, 5.41) is 7.12. The molecule has 5 nitrogen and oxygen atoms in total. The molecule has 0 aromatic heterocycles. The number of rotatable bonds is 4. The first kappa shape index (κ1) is 24.3. The molecule has 3 N–H and O–H groups in total. The van der Waals surface area contributed by atoms with Gasteiger partial charge in [0, 0.05) is 6.54 Å². The van der Waals surface area contributed by atoms with Gasteiger partial charge >= 0.3 is 12.1 Å². The molecule has 0 spiro atoms. The summed E-state index contributed by atoms with van der Waals surface area (Å²) in [6, 6.07) is 13.3. The van der Waals surface area contributed by atoms with Gasteiger partial charge in [0.15, 0.2) is 0 Å². The Hall–Kier alpha value is -3.01. The van der Waals surface area contributed by atoms with E-state index in [1.165, 1.54) is 17.0 Å². The second-order valence-corrected chi connectivity index (χ2v) is 6.99.